The van der Waals surface area contributed by atoms with Crippen molar-refractivity contribution < 1.29 is 4.79 Å². The molecule has 0 bridgehead atoms. The topological polar surface area (TPSA) is 90.6 Å². The first-order valence-electron chi connectivity index (χ1n) is 6.86. The molecule has 1 amide bonds. The largest absolute Gasteiger partial charge is 0.328 e. The number of aromatic amines is 2. The Labute approximate surface area is 116 Å². The minimum absolute atomic E-state index is 0.00315. The molecule has 2 aromatic heterocycles. The Morgan fingerprint density at radius 1 is 1.35 bits per heavy atom. The van der Waals surface area contributed by atoms with Gasteiger partial charge in [-0.25, -0.2) is 4.98 Å². The summed E-state index contributed by atoms with van der Waals surface area (Å²) in [6.07, 6.45) is 4.60. The third-order valence-electron chi connectivity index (χ3n) is 3.74. The molecule has 0 unspecified atom stereocenters. The van der Waals surface area contributed by atoms with E-state index in [0.29, 0.717) is 11.4 Å². The van der Waals surface area contributed by atoms with Crippen LogP contribution in [-0.4, -0.2) is 42.7 Å². The normalized spacial score (nSPS) is 19.3. The van der Waals surface area contributed by atoms with E-state index in [-0.39, 0.29) is 11.9 Å². The number of nitrogens with zero attached hydrogens (tertiary/aromatic N) is 4. The first-order valence-corrected chi connectivity index (χ1v) is 6.86. The van der Waals surface area contributed by atoms with Gasteiger partial charge in [-0.05, 0) is 33.1 Å². The summed E-state index contributed by atoms with van der Waals surface area (Å²) in [6.45, 7) is 4.46. The van der Waals surface area contributed by atoms with E-state index in [0.717, 1.165) is 37.3 Å². The number of rotatable bonds is 2. The fraction of sp³-hybridized carbons (Fsp3) is 0.538. The third-order valence-corrected chi connectivity index (χ3v) is 3.74. The Balaban J connectivity index is 1.89. The molecule has 0 aromatic carbocycles. The number of amides is 1. The number of nitrogens with one attached hydrogen (secondary N) is 2. The van der Waals surface area contributed by atoms with Crippen LogP contribution in [0.15, 0.2) is 6.20 Å². The van der Waals surface area contributed by atoms with Crippen molar-refractivity contribution in [3.63, 3.8) is 0 Å². The molecule has 3 heterocycles. The first kappa shape index (κ1) is 12.8. The Morgan fingerprint density at radius 3 is 2.85 bits per heavy atom. The van der Waals surface area contributed by atoms with Gasteiger partial charge in [0.15, 0.2) is 5.82 Å². The average molecular weight is 274 g/mol. The molecular weight excluding hydrogens is 256 g/mol. The maximum atomic E-state index is 12.7. The summed E-state index contributed by atoms with van der Waals surface area (Å²) in [5.74, 6) is 1.48. The molecular formula is C13H18N6O. The summed E-state index contributed by atoms with van der Waals surface area (Å²) < 4.78 is 0. The molecule has 0 radical (unpaired) electrons. The predicted molar refractivity (Wildman–Crippen MR) is 72.1 cm³/mol. The molecule has 2 aromatic rings. The molecule has 0 spiro atoms. The van der Waals surface area contributed by atoms with Gasteiger partial charge < -0.3 is 4.90 Å². The molecule has 1 fully saturated rings. The van der Waals surface area contributed by atoms with Crippen LogP contribution in [0.4, 0.5) is 0 Å². The summed E-state index contributed by atoms with van der Waals surface area (Å²) in [7, 11) is 0. The highest BCUT2D eigenvalue weighted by Gasteiger charge is 2.32. The molecule has 3 rings (SSSR count). The van der Waals surface area contributed by atoms with Gasteiger partial charge in [-0.3, -0.25) is 15.0 Å². The second-order valence-corrected chi connectivity index (χ2v) is 5.20. The zero-order chi connectivity index (χ0) is 14.1. The fourth-order valence-electron chi connectivity index (χ4n) is 2.67. The maximum Gasteiger partial charge on any atom is 0.257 e. The molecule has 7 heteroatoms. The van der Waals surface area contributed by atoms with Crippen LogP contribution in [0.2, 0.25) is 0 Å². The Bertz CT molecular complexity index is 616. The molecule has 2 N–H and O–H groups in total. The van der Waals surface area contributed by atoms with E-state index in [1.54, 1.807) is 6.20 Å². The van der Waals surface area contributed by atoms with Gasteiger partial charge in [0.1, 0.15) is 5.82 Å². The highest BCUT2D eigenvalue weighted by Crippen LogP contribution is 2.30. The van der Waals surface area contributed by atoms with E-state index in [1.165, 1.54) is 0 Å². The number of aryl methyl sites for hydroxylation is 2. The highest BCUT2D eigenvalue weighted by atomic mass is 16.2. The zero-order valence-corrected chi connectivity index (χ0v) is 11.7. The lowest BCUT2D eigenvalue weighted by atomic mass is 10.0. The van der Waals surface area contributed by atoms with Crippen molar-refractivity contribution in [3.8, 4) is 0 Å². The van der Waals surface area contributed by atoms with Crippen LogP contribution in [0, 0.1) is 13.8 Å². The maximum absolute atomic E-state index is 12.7. The van der Waals surface area contributed by atoms with Gasteiger partial charge in [0, 0.05) is 12.2 Å². The van der Waals surface area contributed by atoms with Crippen LogP contribution in [0.1, 0.15) is 53.0 Å². The van der Waals surface area contributed by atoms with E-state index in [2.05, 4.69) is 25.4 Å². The van der Waals surface area contributed by atoms with Crippen molar-refractivity contribution in [2.45, 2.75) is 39.2 Å². The van der Waals surface area contributed by atoms with Crippen LogP contribution in [0.3, 0.4) is 0 Å². The number of piperidine rings is 1. The molecule has 0 aliphatic carbocycles. The van der Waals surface area contributed by atoms with E-state index < -0.39 is 0 Å². The van der Waals surface area contributed by atoms with Crippen LogP contribution >= 0.6 is 0 Å². The minimum Gasteiger partial charge on any atom is -0.328 e. The summed E-state index contributed by atoms with van der Waals surface area (Å²) in [4.78, 5) is 18.9. The van der Waals surface area contributed by atoms with Gasteiger partial charge >= 0.3 is 0 Å². The molecule has 7 nitrogen and oxygen atoms in total. The standard InChI is InChI=1S/C13H18N6O/c1-8-10(7-14-16-8)13(20)19-6-4-3-5-11(19)12-15-9(2)17-18-12/h7,11H,3-6H2,1-2H3,(H,14,16)(H,15,17,18)/t11-/m0/s1. The minimum atomic E-state index is -0.0458. The number of carbonyl (C=O) groups is 1. The lowest BCUT2D eigenvalue weighted by Crippen LogP contribution is -2.39. The van der Waals surface area contributed by atoms with Crippen molar-refractivity contribution in [1.82, 2.24) is 30.3 Å². The van der Waals surface area contributed by atoms with Gasteiger partial charge in [0.25, 0.3) is 5.91 Å². The van der Waals surface area contributed by atoms with Gasteiger partial charge in [-0.15, -0.1) is 0 Å². The SMILES string of the molecule is Cc1nc([C@@H]2CCCCN2C(=O)c2cn[nH]c2C)n[nH]1. The van der Waals surface area contributed by atoms with E-state index >= 15 is 0 Å². The second kappa shape index (κ2) is 5.07. The van der Waals surface area contributed by atoms with E-state index in [1.807, 2.05) is 18.7 Å². The van der Waals surface area contributed by atoms with E-state index in [4.69, 9.17) is 0 Å². The van der Waals surface area contributed by atoms with Crippen LogP contribution in [-0.2, 0) is 0 Å². The summed E-state index contributed by atoms with van der Waals surface area (Å²) >= 11 is 0. The molecule has 1 saturated heterocycles. The monoisotopic (exact) mass is 274 g/mol. The van der Waals surface area contributed by atoms with Crippen LogP contribution in [0.5, 0.6) is 0 Å². The number of hydrogen-bond donors (Lipinski definition) is 2. The third kappa shape index (κ3) is 2.19. The number of carbonyl (C=O) groups excluding carboxylic acids is 1. The predicted octanol–water partition coefficient (Wildman–Crippen LogP) is 1.51. The first-order chi connectivity index (χ1) is 9.66. The number of H-pyrrole nitrogens is 2. The number of likely N-dealkylation sites (tertiary alicyclic amines) is 1. The van der Waals surface area contributed by atoms with Gasteiger partial charge in [0.05, 0.1) is 17.8 Å². The average Bonchev–Trinajstić information content (AvgIpc) is 3.07. The molecule has 1 aliphatic heterocycles. The molecule has 1 atom stereocenters. The molecule has 20 heavy (non-hydrogen) atoms. The fourth-order valence-corrected chi connectivity index (χ4v) is 2.67. The quantitative estimate of drug-likeness (QED) is 0.868. The number of aromatic nitrogens is 5. The smallest absolute Gasteiger partial charge is 0.257 e. The van der Waals surface area contributed by atoms with Gasteiger partial charge in [-0.2, -0.15) is 10.2 Å². The lowest BCUT2D eigenvalue weighted by molar-refractivity contribution is 0.0599. The molecule has 106 valence electrons. The van der Waals surface area contributed by atoms with Crippen LogP contribution < -0.4 is 0 Å². The number of hydrogen-bond acceptors (Lipinski definition) is 4. The van der Waals surface area contributed by atoms with E-state index in [9.17, 15) is 4.79 Å². The zero-order valence-electron chi connectivity index (χ0n) is 11.7. The van der Waals surface area contributed by atoms with Crippen LogP contribution in [0.25, 0.3) is 0 Å². The van der Waals surface area contributed by atoms with Crippen molar-refractivity contribution >= 4 is 5.91 Å². The Hall–Kier alpha value is -2.18. The lowest BCUT2D eigenvalue weighted by Gasteiger charge is -2.33. The second-order valence-electron chi connectivity index (χ2n) is 5.20. The Kier molecular flexibility index (Phi) is 3.25. The summed E-state index contributed by atoms with van der Waals surface area (Å²) in [6, 6.07) is -0.0458. The highest BCUT2D eigenvalue weighted by molar-refractivity contribution is 5.95. The van der Waals surface area contributed by atoms with Gasteiger partial charge in [-0.1, -0.05) is 0 Å². The van der Waals surface area contributed by atoms with Crippen molar-refractivity contribution in [2.24, 2.45) is 0 Å². The molecule has 1 aliphatic rings. The van der Waals surface area contributed by atoms with Crippen molar-refractivity contribution in [3.05, 3.63) is 29.1 Å². The van der Waals surface area contributed by atoms with Crippen molar-refractivity contribution in [2.75, 3.05) is 6.54 Å². The van der Waals surface area contributed by atoms with Gasteiger partial charge in [0.2, 0.25) is 0 Å². The Morgan fingerprint density at radius 2 is 2.20 bits per heavy atom. The molecule has 0 saturated carbocycles. The summed E-state index contributed by atoms with van der Waals surface area (Å²) in [5.41, 5.74) is 1.43. The van der Waals surface area contributed by atoms with Crippen molar-refractivity contribution in [1.29, 1.82) is 0 Å². The summed E-state index contributed by atoms with van der Waals surface area (Å²) in [5, 5.41) is 13.8.